The van der Waals surface area contributed by atoms with Crippen LogP contribution in [0.1, 0.15) is 69.8 Å². The number of benzene rings is 1. The van der Waals surface area contributed by atoms with Gasteiger partial charge >= 0.3 is 8.80 Å². The van der Waals surface area contributed by atoms with Crippen LogP contribution in [-0.2, 0) is 24.6 Å². The van der Waals surface area contributed by atoms with Gasteiger partial charge in [0.15, 0.2) is 0 Å². The molecule has 2 saturated carbocycles. The third-order valence-electron chi connectivity index (χ3n) is 7.29. The van der Waals surface area contributed by atoms with E-state index in [0.29, 0.717) is 18.4 Å². The Kier molecular flexibility index (Phi) is 6.66. The van der Waals surface area contributed by atoms with Crippen LogP contribution < -0.4 is 9.92 Å². The number of rotatable bonds is 6. The molecule has 6 heteroatoms. The second-order valence-electron chi connectivity index (χ2n) is 8.77. The van der Waals surface area contributed by atoms with Crippen molar-refractivity contribution in [3.05, 3.63) is 23.8 Å². The minimum Gasteiger partial charge on any atom is -0.461 e. The van der Waals surface area contributed by atoms with Crippen LogP contribution >= 0.6 is 0 Å². The maximum Gasteiger partial charge on any atom is 0.536 e. The second-order valence-corrected chi connectivity index (χ2v) is 11.7. The summed E-state index contributed by atoms with van der Waals surface area (Å²) < 4.78 is 30.5. The minimum absolute atomic E-state index is 0.451. The van der Waals surface area contributed by atoms with Gasteiger partial charge in [-0.05, 0) is 37.8 Å². The van der Waals surface area contributed by atoms with Gasteiger partial charge in [0.25, 0.3) is 0 Å². The van der Waals surface area contributed by atoms with Crippen LogP contribution in [0.4, 0.5) is 0 Å². The lowest BCUT2D eigenvalue weighted by molar-refractivity contribution is -0.278. The first-order chi connectivity index (χ1) is 14.2. The Balaban J connectivity index is 1.65. The van der Waals surface area contributed by atoms with Crippen molar-refractivity contribution in [2.75, 3.05) is 21.3 Å². The average Bonchev–Trinajstić information content (AvgIpc) is 2.81. The van der Waals surface area contributed by atoms with Gasteiger partial charge in [-0.25, -0.2) is 0 Å². The van der Waals surface area contributed by atoms with Crippen LogP contribution in [0.5, 0.6) is 5.75 Å². The van der Waals surface area contributed by atoms with Crippen LogP contribution in [0, 0.1) is 11.8 Å². The molecule has 2 fully saturated rings. The zero-order chi connectivity index (χ0) is 20.3. The number of ether oxygens (including phenoxy) is 2. The van der Waals surface area contributed by atoms with E-state index in [1.807, 2.05) is 6.07 Å². The van der Waals surface area contributed by atoms with Gasteiger partial charge in [-0.1, -0.05) is 44.6 Å². The van der Waals surface area contributed by atoms with E-state index in [2.05, 4.69) is 12.1 Å². The third-order valence-corrected chi connectivity index (χ3v) is 9.92. The molecule has 0 radical (unpaired) electrons. The standard InChI is InChI=1S/C23H36O5Si/c1-24-29(25-2,26-3)21-14-15-22-18(16-21)17-27-23(28-22,19-10-6-4-7-11-19)20-12-8-5-9-13-20/h14-16,19-20H,4-13,17H2,1-3H3. The Morgan fingerprint density at radius 2 is 1.38 bits per heavy atom. The van der Waals surface area contributed by atoms with Crippen LogP contribution in [0.15, 0.2) is 18.2 Å². The Morgan fingerprint density at radius 3 is 1.90 bits per heavy atom. The fourth-order valence-corrected chi connectivity index (χ4v) is 7.57. The van der Waals surface area contributed by atoms with E-state index in [9.17, 15) is 0 Å². The van der Waals surface area contributed by atoms with E-state index in [0.717, 1.165) is 16.5 Å². The van der Waals surface area contributed by atoms with Crippen molar-refractivity contribution in [1.82, 2.24) is 0 Å². The molecule has 0 atom stereocenters. The summed E-state index contributed by atoms with van der Waals surface area (Å²) in [7, 11) is 2.06. The van der Waals surface area contributed by atoms with Crippen molar-refractivity contribution in [1.29, 1.82) is 0 Å². The summed E-state index contributed by atoms with van der Waals surface area (Å²) in [6.07, 6.45) is 12.7. The van der Waals surface area contributed by atoms with Crippen molar-refractivity contribution in [3.8, 4) is 5.75 Å². The predicted molar refractivity (Wildman–Crippen MR) is 114 cm³/mol. The van der Waals surface area contributed by atoms with Crippen molar-refractivity contribution in [3.63, 3.8) is 0 Å². The van der Waals surface area contributed by atoms with Gasteiger partial charge in [0.2, 0.25) is 5.79 Å². The highest BCUT2D eigenvalue weighted by Crippen LogP contribution is 2.49. The molecule has 1 aliphatic heterocycles. The molecule has 0 bridgehead atoms. The van der Waals surface area contributed by atoms with Gasteiger partial charge < -0.3 is 22.8 Å². The Labute approximate surface area is 176 Å². The van der Waals surface area contributed by atoms with Crippen LogP contribution in [-0.4, -0.2) is 35.9 Å². The van der Waals surface area contributed by atoms with Gasteiger partial charge in [-0.3, -0.25) is 0 Å². The summed E-state index contributed by atoms with van der Waals surface area (Å²) in [6, 6.07) is 6.20. The van der Waals surface area contributed by atoms with Gasteiger partial charge in [0, 0.05) is 43.9 Å². The monoisotopic (exact) mass is 420 g/mol. The first-order valence-corrected chi connectivity index (χ1v) is 13.0. The molecular weight excluding hydrogens is 384 g/mol. The van der Waals surface area contributed by atoms with E-state index < -0.39 is 14.6 Å². The first kappa shape index (κ1) is 21.3. The predicted octanol–water partition coefficient (Wildman–Crippen LogP) is 4.54. The largest absolute Gasteiger partial charge is 0.536 e. The van der Waals surface area contributed by atoms with E-state index in [1.165, 1.54) is 64.2 Å². The van der Waals surface area contributed by atoms with Crippen LogP contribution in [0.25, 0.3) is 0 Å². The molecule has 29 heavy (non-hydrogen) atoms. The molecule has 0 spiro atoms. The fourth-order valence-electron chi connectivity index (χ4n) is 5.72. The molecule has 1 aromatic rings. The smallest absolute Gasteiger partial charge is 0.461 e. The lowest BCUT2D eigenvalue weighted by atomic mass is 9.72. The molecule has 5 nitrogen and oxygen atoms in total. The van der Waals surface area contributed by atoms with Crippen molar-refractivity contribution in [2.45, 2.75) is 76.6 Å². The zero-order valence-corrected chi connectivity index (χ0v) is 19.2. The van der Waals surface area contributed by atoms with Crippen LogP contribution in [0.3, 0.4) is 0 Å². The normalized spacial score (nSPS) is 23.4. The number of fused-ring (bicyclic) bond motifs is 1. The van der Waals surface area contributed by atoms with Crippen molar-refractivity contribution < 1.29 is 22.8 Å². The Hall–Kier alpha value is -0.923. The maximum atomic E-state index is 6.84. The number of hydrogen-bond donors (Lipinski definition) is 0. The molecule has 0 aromatic heterocycles. The summed E-state index contributed by atoms with van der Waals surface area (Å²) in [5.74, 6) is 1.51. The van der Waals surface area contributed by atoms with Gasteiger partial charge in [-0.15, -0.1) is 0 Å². The lowest BCUT2D eigenvalue weighted by Crippen LogP contribution is -2.56. The van der Waals surface area contributed by atoms with Crippen molar-refractivity contribution >= 4 is 14.0 Å². The Morgan fingerprint density at radius 1 is 0.828 bits per heavy atom. The van der Waals surface area contributed by atoms with E-state index >= 15 is 0 Å². The molecule has 0 unspecified atom stereocenters. The fraction of sp³-hybridized carbons (Fsp3) is 0.739. The second kappa shape index (κ2) is 9.06. The summed E-state index contributed by atoms with van der Waals surface area (Å²) in [5.41, 5.74) is 1.06. The summed E-state index contributed by atoms with van der Waals surface area (Å²) in [6.45, 7) is 0.581. The first-order valence-electron chi connectivity index (χ1n) is 11.3. The summed E-state index contributed by atoms with van der Waals surface area (Å²) in [4.78, 5) is 0. The third kappa shape index (κ3) is 3.90. The quantitative estimate of drug-likeness (QED) is 0.633. The van der Waals surface area contributed by atoms with Gasteiger partial charge in [-0.2, -0.15) is 0 Å². The van der Waals surface area contributed by atoms with Crippen molar-refractivity contribution in [2.24, 2.45) is 11.8 Å². The molecule has 2 aliphatic carbocycles. The number of hydrogen-bond acceptors (Lipinski definition) is 5. The molecule has 162 valence electrons. The SMILES string of the molecule is CO[Si](OC)(OC)c1ccc2c(c1)COC(C1CCCCC1)(C1CCCCC1)O2. The summed E-state index contributed by atoms with van der Waals surface area (Å²) >= 11 is 0. The molecule has 0 saturated heterocycles. The Bertz CT molecular complexity index is 652. The van der Waals surface area contributed by atoms with Gasteiger partial charge in [0.1, 0.15) is 5.75 Å². The minimum atomic E-state index is -2.86. The zero-order valence-electron chi connectivity index (χ0n) is 18.2. The molecule has 4 rings (SSSR count). The molecule has 0 N–H and O–H groups in total. The lowest BCUT2D eigenvalue weighted by Gasteiger charge is -2.50. The highest BCUT2D eigenvalue weighted by Gasteiger charge is 2.51. The summed E-state index contributed by atoms with van der Waals surface area (Å²) in [5, 5.41) is 0.943. The highest BCUT2D eigenvalue weighted by atomic mass is 28.4. The topological polar surface area (TPSA) is 46.2 Å². The molecule has 0 amide bonds. The van der Waals surface area contributed by atoms with Crippen LogP contribution in [0.2, 0.25) is 0 Å². The van der Waals surface area contributed by atoms with E-state index in [1.54, 1.807) is 21.3 Å². The van der Waals surface area contributed by atoms with E-state index in [4.69, 9.17) is 22.8 Å². The van der Waals surface area contributed by atoms with Gasteiger partial charge in [0.05, 0.1) is 6.61 Å². The molecule has 1 heterocycles. The highest BCUT2D eigenvalue weighted by molar-refractivity contribution is 6.75. The maximum absolute atomic E-state index is 6.84. The molecule has 3 aliphatic rings. The average molecular weight is 421 g/mol. The molecule has 1 aromatic carbocycles. The van der Waals surface area contributed by atoms with E-state index in [-0.39, 0.29) is 0 Å². The molecular formula is C23H36O5Si.